The summed E-state index contributed by atoms with van der Waals surface area (Å²) in [7, 11) is 3.77. The van der Waals surface area contributed by atoms with Gasteiger partial charge in [-0.15, -0.1) is 11.8 Å². The third-order valence-electron chi connectivity index (χ3n) is 6.37. The maximum absolute atomic E-state index is 12.4. The molecule has 1 aliphatic carbocycles. The molecule has 39 heavy (non-hydrogen) atoms. The number of carbonyl (C=O) groups excluding carboxylic acids is 2. The van der Waals surface area contributed by atoms with Gasteiger partial charge in [-0.2, -0.15) is 0 Å². The third kappa shape index (κ3) is 18.7. The van der Waals surface area contributed by atoms with E-state index in [0.717, 1.165) is 88.3 Å². The standard InChI is InChI=1S/C21H35N3O2S.C5H9NO.C4H9N/c1-4-16-7-8-18(23-3)20(14-16)27-13-5-6-21(25)24-19(15-22-2)17-9-11-26-12-10-17;1-6-4-2-3-5-7;1-3-4(2)5/h7-8,16-17,19,22H,3-6,9-15H2,1-2H3,(H,24,25);2-3,5-6H,4H2,1H3;2-3,5H2,1H3/b;3-2+;. The first-order chi connectivity index (χ1) is 18.9. The van der Waals surface area contributed by atoms with Crippen molar-refractivity contribution in [3.05, 3.63) is 47.2 Å². The fourth-order valence-corrected chi connectivity index (χ4v) is 5.05. The number of hydrogen-bond donors (Lipinski definition) is 4. The monoisotopic (exact) mass is 563 g/mol. The minimum atomic E-state index is 0.161. The number of aliphatic imine (C=N–C) groups is 1. The first-order valence-electron chi connectivity index (χ1n) is 14.1. The van der Waals surface area contributed by atoms with Crippen molar-refractivity contribution in [2.75, 3.05) is 46.2 Å². The van der Waals surface area contributed by atoms with E-state index in [4.69, 9.17) is 10.5 Å². The number of hydrogen-bond acceptors (Lipinski definition) is 8. The minimum absolute atomic E-state index is 0.161. The minimum Gasteiger partial charge on any atom is -0.403 e. The van der Waals surface area contributed by atoms with Crippen molar-refractivity contribution >= 4 is 30.7 Å². The van der Waals surface area contributed by atoms with Gasteiger partial charge in [0.25, 0.3) is 0 Å². The van der Waals surface area contributed by atoms with Crippen LogP contribution in [-0.2, 0) is 14.3 Å². The molecule has 0 spiro atoms. The van der Waals surface area contributed by atoms with Crippen LogP contribution in [0, 0.1) is 11.8 Å². The van der Waals surface area contributed by atoms with Gasteiger partial charge in [0.1, 0.15) is 6.29 Å². The van der Waals surface area contributed by atoms with Crippen molar-refractivity contribution in [2.45, 2.75) is 64.8 Å². The van der Waals surface area contributed by atoms with Crippen molar-refractivity contribution in [3.8, 4) is 0 Å². The molecule has 8 nitrogen and oxygen atoms in total. The first kappa shape index (κ1) is 36.8. The van der Waals surface area contributed by atoms with Gasteiger partial charge in [-0.3, -0.25) is 14.6 Å². The molecule has 9 heteroatoms. The Bertz CT molecular complexity index is 791. The van der Waals surface area contributed by atoms with Crippen LogP contribution in [0.5, 0.6) is 0 Å². The highest BCUT2D eigenvalue weighted by atomic mass is 32.2. The lowest BCUT2D eigenvalue weighted by Gasteiger charge is -2.31. The Morgan fingerprint density at radius 2 is 1.97 bits per heavy atom. The molecule has 0 bridgehead atoms. The number of nitrogens with two attached hydrogens (primary N) is 1. The number of nitrogens with one attached hydrogen (secondary N) is 3. The van der Waals surface area contributed by atoms with Crippen LogP contribution in [0.15, 0.2) is 52.2 Å². The zero-order valence-electron chi connectivity index (χ0n) is 24.7. The SMILES string of the molecule is C=C(N)CC.C=NC1=C(SCCCC(=O)NC(CNC)C2CCOCC2)CC(CC)C=C1.CNC/C=C/C=O. The second kappa shape index (κ2) is 24.8. The Morgan fingerprint density at radius 1 is 1.28 bits per heavy atom. The summed E-state index contributed by atoms with van der Waals surface area (Å²) < 4.78 is 5.45. The Morgan fingerprint density at radius 3 is 2.51 bits per heavy atom. The van der Waals surface area contributed by atoms with E-state index in [2.05, 4.69) is 53.3 Å². The van der Waals surface area contributed by atoms with Gasteiger partial charge in [0.05, 0.1) is 5.70 Å². The van der Waals surface area contributed by atoms with E-state index < -0.39 is 0 Å². The fraction of sp³-hybridized carbons (Fsp3) is 0.633. The van der Waals surface area contributed by atoms with Gasteiger partial charge in [-0.05, 0) is 89.1 Å². The maximum Gasteiger partial charge on any atom is 0.220 e. The normalized spacial score (nSPS) is 17.9. The summed E-state index contributed by atoms with van der Waals surface area (Å²) in [5.41, 5.74) is 6.85. The molecule has 2 atom stereocenters. The molecule has 2 unspecified atom stereocenters. The molecule has 5 N–H and O–H groups in total. The van der Waals surface area contributed by atoms with Crippen LogP contribution in [0.25, 0.3) is 0 Å². The Balaban J connectivity index is 0.00000100. The maximum atomic E-state index is 12.4. The average molecular weight is 564 g/mol. The molecule has 1 saturated heterocycles. The average Bonchev–Trinajstić information content (AvgIpc) is 2.96. The number of likely N-dealkylation sites (N-methyl/N-ethyl adjacent to an activating group) is 2. The van der Waals surface area contributed by atoms with Crippen LogP contribution in [-0.4, -0.2) is 71.1 Å². The lowest BCUT2D eigenvalue weighted by atomic mass is 9.91. The summed E-state index contributed by atoms with van der Waals surface area (Å²) in [6.07, 6.45) is 14.9. The molecule has 2 aliphatic rings. The second-order valence-corrected chi connectivity index (χ2v) is 10.7. The number of allylic oxidation sites excluding steroid dienone is 5. The van der Waals surface area contributed by atoms with Crippen LogP contribution in [0.3, 0.4) is 0 Å². The molecule has 0 saturated carbocycles. The highest BCUT2D eigenvalue weighted by molar-refractivity contribution is 8.03. The van der Waals surface area contributed by atoms with Gasteiger partial charge in [-0.1, -0.05) is 32.6 Å². The highest BCUT2D eigenvalue weighted by Crippen LogP contribution is 2.34. The largest absolute Gasteiger partial charge is 0.403 e. The Labute approximate surface area is 241 Å². The molecule has 1 fully saturated rings. The molecule has 1 aliphatic heterocycles. The summed E-state index contributed by atoms with van der Waals surface area (Å²) in [6, 6.07) is 0.201. The molecule has 1 heterocycles. The summed E-state index contributed by atoms with van der Waals surface area (Å²) in [5, 5.41) is 9.31. The number of rotatable bonds is 15. The molecule has 0 radical (unpaired) electrons. The van der Waals surface area contributed by atoms with Gasteiger partial charge < -0.3 is 26.4 Å². The zero-order chi connectivity index (χ0) is 29.3. The van der Waals surface area contributed by atoms with Crippen LogP contribution < -0.4 is 21.7 Å². The predicted molar refractivity (Wildman–Crippen MR) is 168 cm³/mol. The Hall–Kier alpha value is -2.20. The van der Waals surface area contributed by atoms with Crippen molar-refractivity contribution in [2.24, 2.45) is 22.6 Å². The van der Waals surface area contributed by atoms with Crippen LogP contribution >= 0.6 is 11.8 Å². The van der Waals surface area contributed by atoms with Crippen molar-refractivity contribution in [3.63, 3.8) is 0 Å². The highest BCUT2D eigenvalue weighted by Gasteiger charge is 2.24. The molecule has 0 aromatic heterocycles. The smallest absolute Gasteiger partial charge is 0.220 e. The Kier molecular flexibility index (Phi) is 23.4. The lowest BCUT2D eigenvalue weighted by Crippen LogP contribution is -2.47. The van der Waals surface area contributed by atoms with E-state index >= 15 is 0 Å². The number of ether oxygens (including phenoxy) is 1. The summed E-state index contributed by atoms with van der Waals surface area (Å²) in [5.74, 6) is 2.22. The predicted octanol–water partition coefficient (Wildman–Crippen LogP) is 4.36. The first-order valence-corrected chi connectivity index (χ1v) is 15.1. The fourth-order valence-electron chi connectivity index (χ4n) is 3.91. The van der Waals surface area contributed by atoms with Gasteiger partial charge in [0.15, 0.2) is 0 Å². The topological polar surface area (TPSA) is 118 Å². The number of nitrogens with zero attached hydrogens (tertiary/aromatic N) is 1. The summed E-state index contributed by atoms with van der Waals surface area (Å²) in [4.78, 5) is 27.4. The van der Waals surface area contributed by atoms with Crippen LogP contribution in [0.1, 0.15) is 58.8 Å². The van der Waals surface area contributed by atoms with Crippen molar-refractivity contribution in [1.82, 2.24) is 16.0 Å². The summed E-state index contributed by atoms with van der Waals surface area (Å²) >= 11 is 1.83. The second-order valence-electron chi connectivity index (χ2n) is 9.47. The molecule has 0 aromatic carbocycles. The van der Waals surface area contributed by atoms with E-state index in [1.807, 2.05) is 32.8 Å². The lowest BCUT2D eigenvalue weighted by molar-refractivity contribution is -0.122. The number of thioether (sulfide) groups is 1. The number of aldehydes is 1. The molecular formula is C30H53N5O3S. The van der Waals surface area contributed by atoms with E-state index in [9.17, 15) is 9.59 Å². The van der Waals surface area contributed by atoms with E-state index in [1.165, 1.54) is 11.0 Å². The van der Waals surface area contributed by atoms with Crippen molar-refractivity contribution in [1.29, 1.82) is 0 Å². The summed E-state index contributed by atoms with van der Waals surface area (Å²) in [6.45, 7) is 14.5. The van der Waals surface area contributed by atoms with E-state index in [1.54, 1.807) is 6.08 Å². The van der Waals surface area contributed by atoms with Crippen molar-refractivity contribution < 1.29 is 14.3 Å². The van der Waals surface area contributed by atoms with Crippen LogP contribution in [0.2, 0.25) is 0 Å². The van der Waals surface area contributed by atoms with Gasteiger partial charge >= 0.3 is 0 Å². The molecule has 0 aromatic rings. The molecule has 1 amide bonds. The molecule has 2 rings (SSSR count). The van der Waals surface area contributed by atoms with E-state index in [-0.39, 0.29) is 11.9 Å². The zero-order valence-corrected chi connectivity index (χ0v) is 25.5. The molecular weight excluding hydrogens is 510 g/mol. The molecule has 222 valence electrons. The van der Waals surface area contributed by atoms with E-state index in [0.29, 0.717) is 18.3 Å². The number of carbonyl (C=O) groups is 2. The van der Waals surface area contributed by atoms with Gasteiger partial charge in [-0.25, -0.2) is 0 Å². The van der Waals surface area contributed by atoms with Crippen LogP contribution in [0.4, 0.5) is 0 Å². The van der Waals surface area contributed by atoms with Gasteiger partial charge in [0.2, 0.25) is 5.91 Å². The van der Waals surface area contributed by atoms with Gasteiger partial charge in [0, 0.05) is 49.4 Å². The quantitative estimate of drug-likeness (QED) is 0.101. The number of amides is 1. The third-order valence-corrected chi connectivity index (χ3v) is 7.59.